The lowest BCUT2D eigenvalue weighted by Gasteiger charge is -2.30. The van der Waals surface area contributed by atoms with Gasteiger partial charge in [-0.15, -0.1) is 0 Å². The van der Waals surface area contributed by atoms with Crippen molar-refractivity contribution in [2.45, 2.75) is 25.6 Å². The summed E-state index contributed by atoms with van der Waals surface area (Å²) in [4.78, 5) is 0. The Labute approximate surface area is 92.0 Å². The maximum Gasteiger partial charge on any atom is 0.418 e. The summed E-state index contributed by atoms with van der Waals surface area (Å²) in [6.45, 7) is 3.67. The van der Waals surface area contributed by atoms with Gasteiger partial charge in [-0.3, -0.25) is 0 Å². The Hall–Kier alpha value is -1.45. The minimum absolute atomic E-state index is 0.169. The predicted octanol–water partition coefficient (Wildman–Crippen LogP) is 3.92. The highest BCUT2D eigenvalue weighted by Gasteiger charge is 2.36. The Kier molecular flexibility index (Phi) is 2.26. The first-order chi connectivity index (χ1) is 7.30. The number of rotatable bonds is 0. The smallest absolute Gasteiger partial charge is 0.376 e. The van der Waals surface area contributed by atoms with E-state index in [1.165, 1.54) is 6.07 Å². The fourth-order valence-electron chi connectivity index (χ4n) is 1.75. The average molecular weight is 227 g/mol. The monoisotopic (exact) mass is 227 g/mol. The molecule has 1 heterocycles. The van der Waals surface area contributed by atoms with Crippen LogP contribution in [0.3, 0.4) is 0 Å². The van der Waals surface area contributed by atoms with Crippen LogP contribution >= 0.6 is 0 Å². The largest absolute Gasteiger partial charge is 0.418 e. The lowest BCUT2D eigenvalue weighted by molar-refractivity contribution is -0.137. The minimum atomic E-state index is -4.32. The third-order valence-corrected chi connectivity index (χ3v) is 2.53. The van der Waals surface area contributed by atoms with E-state index in [1.54, 1.807) is 12.1 Å². The molecule has 1 aliphatic rings. The number of halogens is 3. The molecule has 0 amide bonds. The normalized spacial score (nSPS) is 17.8. The standard InChI is InChI=1S/C12H12F3N/c1-11(2)7-6-8-4-3-5-9(10(8)16-11)12(13,14)15/h3-7,16H,1-2H3. The number of benzene rings is 1. The maximum atomic E-state index is 12.8. The van der Waals surface area contributed by atoms with Crippen molar-refractivity contribution < 1.29 is 13.2 Å². The third-order valence-electron chi connectivity index (χ3n) is 2.53. The predicted molar refractivity (Wildman–Crippen MR) is 58.2 cm³/mol. The summed E-state index contributed by atoms with van der Waals surface area (Å²) in [5.74, 6) is 0. The summed E-state index contributed by atoms with van der Waals surface area (Å²) in [6.07, 6.45) is -0.740. The molecule has 1 aromatic carbocycles. The van der Waals surface area contributed by atoms with Gasteiger partial charge in [-0.25, -0.2) is 0 Å². The number of fused-ring (bicyclic) bond motifs is 1. The van der Waals surface area contributed by atoms with Crippen LogP contribution in [-0.2, 0) is 6.18 Å². The number of hydrogen-bond donors (Lipinski definition) is 1. The van der Waals surface area contributed by atoms with Crippen LogP contribution in [0.1, 0.15) is 25.0 Å². The van der Waals surface area contributed by atoms with Gasteiger partial charge in [-0.2, -0.15) is 13.2 Å². The number of hydrogen-bond acceptors (Lipinski definition) is 1. The van der Waals surface area contributed by atoms with Crippen molar-refractivity contribution in [3.05, 3.63) is 35.4 Å². The van der Waals surface area contributed by atoms with E-state index in [9.17, 15) is 13.2 Å². The summed E-state index contributed by atoms with van der Waals surface area (Å²) >= 11 is 0. The quantitative estimate of drug-likeness (QED) is 0.708. The lowest BCUT2D eigenvalue weighted by Crippen LogP contribution is -2.32. The van der Waals surface area contributed by atoms with Gasteiger partial charge in [0.15, 0.2) is 0 Å². The molecule has 0 radical (unpaired) electrons. The first-order valence-electron chi connectivity index (χ1n) is 4.97. The molecule has 0 unspecified atom stereocenters. The molecule has 2 rings (SSSR count). The number of para-hydroxylation sites is 1. The SMILES string of the molecule is CC1(C)C=Cc2cccc(C(F)(F)F)c2N1. The van der Waals surface area contributed by atoms with Gasteiger partial charge < -0.3 is 5.32 Å². The lowest BCUT2D eigenvalue weighted by atomic mass is 9.94. The Bertz CT molecular complexity index is 444. The summed E-state index contributed by atoms with van der Waals surface area (Å²) in [7, 11) is 0. The molecular weight excluding hydrogens is 215 g/mol. The Morgan fingerprint density at radius 3 is 2.50 bits per heavy atom. The van der Waals surface area contributed by atoms with Crippen molar-refractivity contribution in [2.75, 3.05) is 5.32 Å². The molecule has 0 aliphatic carbocycles. The van der Waals surface area contributed by atoms with Crippen LogP contribution in [0.15, 0.2) is 24.3 Å². The Morgan fingerprint density at radius 1 is 1.19 bits per heavy atom. The van der Waals surface area contributed by atoms with Gasteiger partial charge in [0, 0.05) is 0 Å². The van der Waals surface area contributed by atoms with E-state index in [2.05, 4.69) is 5.32 Å². The van der Waals surface area contributed by atoms with Gasteiger partial charge in [-0.1, -0.05) is 24.3 Å². The Balaban J connectivity index is 2.58. The molecule has 1 nitrogen and oxygen atoms in total. The molecule has 1 aromatic rings. The second-order valence-corrected chi connectivity index (χ2v) is 4.45. The molecular formula is C12H12F3N. The molecule has 0 aromatic heterocycles. The second kappa shape index (κ2) is 3.27. The van der Waals surface area contributed by atoms with Crippen LogP contribution in [0.5, 0.6) is 0 Å². The van der Waals surface area contributed by atoms with E-state index in [-0.39, 0.29) is 5.69 Å². The van der Waals surface area contributed by atoms with E-state index in [0.717, 1.165) is 6.07 Å². The van der Waals surface area contributed by atoms with Gasteiger partial charge in [0.25, 0.3) is 0 Å². The first-order valence-corrected chi connectivity index (χ1v) is 4.97. The van der Waals surface area contributed by atoms with E-state index in [0.29, 0.717) is 5.56 Å². The number of anilines is 1. The van der Waals surface area contributed by atoms with Crippen LogP contribution in [0.4, 0.5) is 18.9 Å². The van der Waals surface area contributed by atoms with Gasteiger partial charge in [0.05, 0.1) is 16.8 Å². The molecule has 0 spiro atoms. The summed E-state index contributed by atoms with van der Waals surface area (Å²) < 4.78 is 38.3. The van der Waals surface area contributed by atoms with Crippen molar-refractivity contribution in [1.29, 1.82) is 0 Å². The molecule has 0 saturated heterocycles. The van der Waals surface area contributed by atoms with Crippen LogP contribution in [0.2, 0.25) is 0 Å². The zero-order valence-corrected chi connectivity index (χ0v) is 9.02. The van der Waals surface area contributed by atoms with Crippen molar-refractivity contribution in [3.8, 4) is 0 Å². The first kappa shape index (κ1) is 11.0. The van der Waals surface area contributed by atoms with Crippen LogP contribution in [0, 0.1) is 0 Å². The summed E-state index contributed by atoms with van der Waals surface area (Å²) in [5.41, 5.74) is -0.312. The third kappa shape index (κ3) is 1.92. The second-order valence-electron chi connectivity index (χ2n) is 4.45. The zero-order chi connectivity index (χ0) is 12.0. The average Bonchev–Trinajstić information content (AvgIpc) is 2.13. The fraction of sp³-hybridized carbons (Fsp3) is 0.333. The van der Waals surface area contributed by atoms with Crippen LogP contribution in [-0.4, -0.2) is 5.54 Å². The Morgan fingerprint density at radius 2 is 1.88 bits per heavy atom. The van der Waals surface area contributed by atoms with Crippen molar-refractivity contribution >= 4 is 11.8 Å². The van der Waals surface area contributed by atoms with Crippen molar-refractivity contribution in [3.63, 3.8) is 0 Å². The topological polar surface area (TPSA) is 12.0 Å². The van der Waals surface area contributed by atoms with Crippen molar-refractivity contribution in [1.82, 2.24) is 0 Å². The van der Waals surface area contributed by atoms with Gasteiger partial charge in [0.1, 0.15) is 0 Å². The molecule has 16 heavy (non-hydrogen) atoms. The highest BCUT2D eigenvalue weighted by Crippen LogP contribution is 2.40. The summed E-state index contributed by atoms with van der Waals surface area (Å²) in [5, 5.41) is 2.90. The zero-order valence-electron chi connectivity index (χ0n) is 9.02. The highest BCUT2D eigenvalue weighted by molar-refractivity contribution is 5.75. The van der Waals surface area contributed by atoms with E-state index in [4.69, 9.17) is 0 Å². The number of nitrogens with one attached hydrogen (secondary N) is 1. The highest BCUT2D eigenvalue weighted by atomic mass is 19.4. The maximum absolute atomic E-state index is 12.8. The molecule has 4 heteroatoms. The van der Waals surface area contributed by atoms with E-state index >= 15 is 0 Å². The molecule has 0 fully saturated rings. The number of alkyl halides is 3. The van der Waals surface area contributed by atoms with Crippen molar-refractivity contribution in [2.24, 2.45) is 0 Å². The van der Waals surface area contributed by atoms with Gasteiger partial charge in [-0.05, 0) is 25.5 Å². The molecule has 1 aliphatic heterocycles. The van der Waals surface area contributed by atoms with E-state index in [1.807, 2.05) is 19.9 Å². The molecule has 1 N–H and O–H groups in total. The molecule has 0 saturated carbocycles. The molecule has 0 bridgehead atoms. The van der Waals surface area contributed by atoms with Gasteiger partial charge >= 0.3 is 6.18 Å². The summed E-state index contributed by atoms with van der Waals surface area (Å²) in [6, 6.07) is 4.19. The van der Waals surface area contributed by atoms with Gasteiger partial charge in [0.2, 0.25) is 0 Å². The molecule has 86 valence electrons. The van der Waals surface area contributed by atoms with Crippen LogP contribution in [0.25, 0.3) is 6.08 Å². The molecule has 0 atom stereocenters. The minimum Gasteiger partial charge on any atom is -0.376 e. The fourth-order valence-corrected chi connectivity index (χ4v) is 1.75. The van der Waals surface area contributed by atoms with Crippen LogP contribution < -0.4 is 5.32 Å². The van der Waals surface area contributed by atoms with E-state index < -0.39 is 17.3 Å².